The molecular weight excluding hydrogens is 284 g/mol. The molecule has 7 nitrogen and oxygen atoms in total. The Morgan fingerprint density at radius 2 is 2.09 bits per heavy atom. The smallest absolute Gasteiger partial charge is 0.241 e. The van der Waals surface area contributed by atoms with Gasteiger partial charge in [0.1, 0.15) is 6.54 Å². The standard InChI is InChI=1S/C15H30N4O3/c1-4-16-15(18-11-14(20)17-7-9-21-3)19(2)8-10-22-12-13-5-6-13/h13H,4-12H2,1-3H3,(H,16,18)(H,17,20). The van der Waals surface area contributed by atoms with Crippen LogP contribution >= 0.6 is 0 Å². The molecule has 1 rings (SSSR count). The number of amides is 1. The van der Waals surface area contributed by atoms with Gasteiger partial charge in [-0.15, -0.1) is 0 Å². The molecule has 2 N–H and O–H groups in total. The van der Waals surface area contributed by atoms with Crippen molar-refractivity contribution in [3.8, 4) is 0 Å². The Balaban J connectivity index is 2.26. The summed E-state index contributed by atoms with van der Waals surface area (Å²) in [6, 6.07) is 0. The monoisotopic (exact) mass is 314 g/mol. The quantitative estimate of drug-likeness (QED) is 0.321. The van der Waals surface area contributed by atoms with Crippen LogP contribution in [0.4, 0.5) is 0 Å². The van der Waals surface area contributed by atoms with Gasteiger partial charge in [-0.2, -0.15) is 0 Å². The molecule has 7 heteroatoms. The van der Waals surface area contributed by atoms with Gasteiger partial charge in [-0.1, -0.05) is 0 Å². The summed E-state index contributed by atoms with van der Waals surface area (Å²) < 4.78 is 10.5. The number of nitrogens with zero attached hydrogens (tertiary/aromatic N) is 2. The highest BCUT2D eigenvalue weighted by atomic mass is 16.5. The summed E-state index contributed by atoms with van der Waals surface area (Å²) in [6.45, 7) is 6.19. The van der Waals surface area contributed by atoms with Gasteiger partial charge in [0.25, 0.3) is 0 Å². The number of guanidine groups is 1. The zero-order valence-corrected chi connectivity index (χ0v) is 14.1. The molecule has 1 fully saturated rings. The van der Waals surface area contributed by atoms with E-state index in [1.54, 1.807) is 7.11 Å². The summed E-state index contributed by atoms with van der Waals surface area (Å²) in [5.74, 6) is 1.40. The van der Waals surface area contributed by atoms with E-state index in [4.69, 9.17) is 9.47 Å². The summed E-state index contributed by atoms with van der Waals surface area (Å²) in [4.78, 5) is 18.0. The highest BCUT2D eigenvalue weighted by molar-refractivity contribution is 5.84. The summed E-state index contributed by atoms with van der Waals surface area (Å²) in [5.41, 5.74) is 0. The van der Waals surface area contributed by atoms with Crippen molar-refractivity contribution in [3.05, 3.63) is 0 Å². The van der Waals surface area contributed by atoms with Crippen molar-refractivity contribution in [1.82, 2.24) is 15.5 Å². The van der Waals surface area contributed by atoms with Crippen LogP contribution in [-0.4, -0.2) is 76.9 Å². The lowest BCUT2D eigenvalue weighted by atomic mass is 10.5. The number of aliphatic imine (C=N–C) groups is 1. The first-order chi connectivity index (χ1) is 10.7. The summed E-state index contributed by atoms with van der Waals surface area (Å²) in [5, 5.41) is 5.93. The first kappa shape index (κ1) is 18.7. The average Bonchev–Trinajstić information content (AvgIpc) is 3.32. The van der Waals surface area contributed by atoms with Crippen LogP contribution in [0.5, 0.6) is 0 Å². The minimum Gasteiger partial charge on any atom is -0.383 e. The Morgan fingerprint density at radius 3 is 2.73 bits per heavy atom. The molecule has 0 aromatic heterocycles. The number of ether oxygens (including phenoxy) is 2. The lowest BCUT2D eigenvalue weighted by Gasteiger charge is -2.21. The van der Waals surface area contributed by atoms with Crippen molar-refractivity contribution < 1.29 is 14.3 Å². The third-order valence-electron chi connectivity index (χ3n) is 3.32. The molecule has 0 atom stereocenters. The van der Waals surface area contributed by atoms with Crippen molar-refractivity contribution in [2.24, 2.45) is 10.9 Å². The molecule has 0 saturated heterocycles. The zero-order chi connectivity index (χ0) is 16.2. The third-order valence-corrected chi connectivity index (χ3v) is 3.32. The van der Waals surface area contributed by atoms with E-state index in [1.165, 1.54) is 12.8 Å². The SMILES string of the molecule is CCNC(=NCC(=O)NCCOC)N(C)CCOCC1CC1. The van der Waals surface area contributed by atoms with Gasteiger partial charge >= 0.3 is 0 Å². The number of nitrogens with one attached hydrogen (secondary N) is 2. The summed E-state index contributed by atoms with van der Waals surface area (Å²) in [7, 11) is 3.55. The highest BCUT2D eigenvalue weighted by Crippen LogP contribution is 2.28. The fourth-order valence-electron chi connectivity index (χ4n) is 1.81. The van der Waals surface area contributed by atoms with Gasteiger partial charge in [0, 0.05) is 40.4 Å². The van der Waals surface area contributed by atoms with Gasteiger partial charge in [-0.3, -0.25) is 4.79 Å². The number of carbonyl (C=O) groups is 1. The second-order valence-corrected chi connectivity index (χ2v) is 5.45. The lowest BCUT2D eigenvalue weighted by Crippen LogP contribution is -2.41. The summed E-state index contributed by atoms with van der Waals surface area (Å²) in [6.07, 6.45) is 2.61. The Bertz CT molecular complexity index is 346. The molecule has 128 valence electrons. The number of hydrogen-bond acceptors (Lipinski definition) is 4. The van der Waals surface area contributed by atoms with Crippen molar-refractivity contribution in [1.29, 1.82) is 0 Å². The van der Waals surface area contributed by atoms with Crippen LogP contribution in [0.3, 0.4) is 0 Å². The molecule has 22 heavy (non-hydrogen) atoms. The molecule has 0 aromatic rings. The molecule has 0 spiro atoms. The second kappa shape index (κ2) is 11.3. The molecule has 0 bridgehead atoms. The topological polar surface area (TPSA) is 75.2 Å². The molecule has 0 unspecified atom stereocenters. The largest absolute Gasteiger partial charge is 0.383 e. The van der Waals surface area contributed by atoms with E-state index >= 15 is 0 Å². The second-order valence-electron chi connectivity index (χ2n) is 5.45. The molecular formula is C15H30N4O3. The molecule has 0 heterocycles. The normalized spacial score (nSPS) is 14.8. The van der Waals surface area contributed by atoms with E-state index in [-0.39, 0.29) is 12.5 Å². The first-order valence-corrected chi connectivity index (χ1v) is 8.00. The van der Waals surface area contributed by atoms with E-state index in [1.807, 2.05) is 18.9 Å². The Hall–Kier alpha value is -1.34. The van der Waals surface area contributed by atoms with Crippen LogP contribution in [0.25, 0.3) is 0 Å². The Labute approximate surface area is 133 Å². The number of carbonyl (C=O) groups excluding carboxylic acids is 1. The van der Waals surface area contributed by atoms with Crippen molar-refractivity contribution in [2.45, 2.75) is 19.8 Å². The van der Waals surface area contributed by atoms with Crippen LogP contribution in [0, 0.1) is 5.92 Å². The molecule has 1 aliphatic carbocycles. The molecule has 1 saturated carbocycles. The maximum absolute atomic E-state index is 11.6. The van der Waals surface area contributed by atoms with Crippen LogP contribution in [0.15, 0.2) is 4.99 Å². The molecule has 0 aliphatic heterocycles. The molecule has 1 amide bonds. The fourth-order valence-corrected chi connectivity index (χ4v) is 1.81. The minimum atomic E-state index is -0.106. The third kappa shape index (κ3) is 8.84. The maximum atomic E-state index is 11.6. The Kier molecular flexibility index (Phi) is 9.57. The summed E-state index contributed by atoms with van der Waals surface area (Å²) >= 11 is 0. The van der Waals surface area contributed by atoms with Gasteiger partial charge in [-0.25, -0.2) is 4.99 Å². The zero-order valence-electron chi connectivity index (χ0n) is 14.1. The van der Waals surface area contributed by atoms with Gasteiger partial charge < -0.3 is 25.0 Å². The van der Waals surface area contributed by atoms with Gasteiger partial charge in [-0.05, 0) is 25.7 Å². The van der Waals surface area contributed by atoms with Crippen LogP contribution in [0.1, 0.15) is 19.8 Å². The number of rotatable bonds is 11. The number of methoxy groups -OCH3 is 1. The van der Waals surface area contributed by atoms with Crippen molar-refractivity contribution in [2.75, 3.05) is 60.2 Å². The van der Waals surface area contributed by atoms with E-state index in [0.29, 0.717) is 19.8 Å². The van der Waals surface area contributed by atoms with Crippen LogP contribution < -0.4 is 10.6 Å². The van der Waals surface area contributed by atoms with Crippen LogP contribution in [-0.2, 0) is 14.3 Å². The van der Waals surface area contributed by atoms with Crippen molar-refractivity contribution in [3.63, 3.8) is 0 Å². The van der Waals surface area contributed by atoms with Gasteiger partial charge in [0.05, 0.1) is 13.2 Å². The predicted octanol–water partition coefficient (Wildman–Crippen LogP) is 0.0729. The van der Waals surface area contributed by atoms with E-state index in [9.17, 15) is 4.79 Å². The Morgan fingerprint density at radius 1 is 1.32 bits per heavy atom. The lowest BCUT2D eigenvalue weighted by molar-refractivity contribution is -0.119. The predicted molar refractivity (Wildman–Crippen MR) is 87.0 cm³/mol. The fraction of sp³-hybridized carbons (Fsp3) is 0.867. The molecule has 0 aromatic carbocycles. The van der Waals surface area contributed by atoms with Gasteiger partial charge in [0.2, 0.25) is 5.91 Å². The molecule has 1 aliphatic rings. The van der Waals surface area contributed by atoms with E-state index in [0.717, 1.165) is 31.6 Å². The van der Waals surface area contributed by atoms with E-state index < -0.39 is 0 Å². The maximum Gasteiger partial charge on any atom is 0.241 e. The minimum absolute atomic E-state index is 0.106. The van der Waals surface area contributed by atoms with Crippen LogP contribution in [0.2, 0.25) is 0 Å². The first-order valence-electron chi connectivity index (χ1n) is 8.00. The van der Waals surface area contributed by atoms with E-state index in [2.05, 4.69) is 15.6 Å². The average molecular weight is 314 g/mol. The van der Waals surface area contributed by atoms with Gasteiger partial charge in [0.15, 0.2) is 5.96 Å². The number of hydrogen-bond donors (Lipinski definition) is 2. The highest BCUT2D eigenvalue weighted by Gasteiger charge is 2.21. The van der Waals surface area contributed by atoms with Crippen molar-refractivity contribution >= 4 is 11.9 Å². The molecule has 0 radical (unpaired) electrons. The number of likely N-dealkylation sites (N-methyl/N-ethyl adjacent to an activating group) is 1.